The minimum atomic E-state index is 0.195. The maximum absolute atomic E-state index is 3.06. The Hall–Kier alpha value is -2.68. The van der Waals surface area contributed by atoms with Crippen molar-refractivity contribution in [1.29, 1.82) is 0 Å². The van der Waals surface area contributed by atoms with Crippen molar-refractivity contribution >= 4 is 0 Å². The van der Waals surface area contributed by atoms with Crippen LogP contribution in [0.3, 0.4) is 0 Å². The largest absolute Gasteiger partial charge is 0.341 e. The predicted octanol–water partition coefficient (Wildman–Crippen LogP) is 14.8. The summed E-state index contributed by atoms with van der Waals surface area (Å²) in [7, 11) is 0. The van der Waals surface area contributed by atoms with E-state index in [0.29, 0.717) is 12.0 Å². The monoisotopic (exact) mass is 740 g/mol. The van der Waals surface area contributed by atoms with Crippen molar-refractivity contribution in [3.63, 3.8) is 0 Å². The number of rotatable bonds is 3. The van der Waals surface area contributed by atoms with E-state index in [1.165, 1.54) is 160 Å². The molecule has 10 aliphatic rings. The number of hydrogen-bond acceptors (Lipinski definition) is 3. The van der Waals surface area contributed by atoms with Gasteiger partial charge < -0.3 is 14.7 Å². The first-order valence-electron chi connectivity index (χ1n) is 23.7. The van der Waals surface area contributed by atoms with Crippen LogP contribution in [0.25, 0.3) is 0 Å². The van der Waals surface area contributed by atoms with Gasteiger partial charge in [-0.1, -0.05) is 48.5 Å². The normalized spacial score (nSPS) is 31.7. The highest BCUT2D eigenvalue weighted by atomic mass is 15.3. The lowest BCUT2D eigenvalue weighted by Crippen LogP contribution is -2.49. The molecule has 0 aromatic rings. The molecule has 55 heavy (non-hydrogen) atoms. The standard InChI is InChI=1S/C52H73N3/c1-34-48(54-44-28-16-10-22-38(44)51(4,5)39-23-11-17-29-45(39)54)32-35(53-42-26-14-8-20-36(42)50(2,3)37-21-9-15-27-43(37)53)33-49(34)55-46-30-18-12-24-40(46)52(6,7)41-25-13-19-31-47(41)55/h32-34,48H,8-31H2,1-7H3. The number of nitrogens with zero attached hydrogens (tertiary/aromatic N) is 3. The average molecular weight is 740 g/mol. The van der Waals surface area contributed by atoms with E-state index in [9.17, 15) is 0 Å². The molecule has 0 saturated heterocycles. The zero-order chi connectivity index (χ0) is 37.9. The van der Waals surface area contributed by atoms with Crippen LogP contribution in [0.4, 0.5) is 0 Å². The smallest absolute Gasteiger partial charge is 0.0619 e. The molecule has 296 valence electrons. The topological polar surface area (TPSA) is 9.72 Å². The van der Waals surface area contributed by atoms with E-state index in [4.69, 9.17) is 0 Å². The Balaban J connectivity index is 1.22. The van der Waals surface area contributed by atoms with Gasteiger partial charge in [-0.25, -0.2) is 0 Å². The first-order valence-corrected chi connectivity index (χ1v) is 23.7. The van der Waals surface area contributed by atoms with Crippen LogP contribution in [-0.2, 0) is 0 Å². The second-order valence-electron chi connectivity index (χ2n) is 21.1. The average Bonchev–Trinajstić information content (AvgIpc) is 3.20. The van der Waals surface area contributed by atoms with E-state index in [1.807, 2.05) is 0 Å². The van der Waals surface area contributed by atoms with Crippen molar-refractivity contribution in [2.24, 2.45) is 22.2 Å². The zero-order valence-corrected chi connectivity index (χ0v) is 36.1. The minimum absolute atomic E-state index is 0.195. The van der Waals surface area contributed by atoms with E-state index in [-0.39, 0.29) is 16.2 Å². The highest BCUT2D eigenvalue weighted by Crippen LogP contribution is 2.60. The second kappa shape index (κ2) is 13.4. The molecule has 3 nitrogen and oxygen atoms in total. The van der Waals surface area contributed by atoms with E-state index in [0.717, 1.165) is 0 Å². The van der Waals surface area contributed by atoms with Crippen LogP contribution in [0.5, 0.6) is 0 Å². The third-order valence-electron chi connectivity index (χ3n) is 17.3. The summed E-state index contributed by atoms with van der Waals surface area (Å²) in [5.74, 6) is 0.407. The predicted molar refractivity (Wildman–Crippen MR) is 229 cm³/mol. The van der Waals surface area contributed by atoms with E-state index in [1.54, 1.807) is 73.3 Å². The Labute approximate surface area is 335 Å². The molecule has 0 bridgehead atoms. The molecule has 0 aromatic heterocycles. The molecule has 0 N–H and O–H groups in total. The van der Waals surface area contributed by atoms with Crippen molar-refractivity contribution < 1.29 is 0 Å². The van der Waals surface area contributed by atoms with Crippen molar-refractivity contribution in [2.75, 3.05) is 0 Å². The lowest BCUT2D eigenvalue weighted by molar-refractivity contribution is 0.207. The molecule has 0 spiro atoms. The molecule has 3 heteroatoms. The van der Waals surface area contributed by atoms with Gasteiger partial charge in [-0.3, -0.25) is 0 Å². The van der Waals surface area contributed by atoms with Crippen LogP contribution < -0.4 is 0 Å². The highest BCUT2D eigenvalue weighted by Gasteiger charge is 2.49. The third kappa shape index (κ3) is 5.45. The summed E-state index contributed by atoms with van der Waals surface area (Å²) in [5.41, 5.74) is 24.7. The summed E-state index contributed by atoms with van der Waals surface area (Å²) < 4.78 is 0. The van der Waals surface area contributed by atoms with Crippen LogP contribution in [0.1, 0.15) is 203 Å². The van der Waals surface area contributed by atoms with Crippen LogP contribution in [0.15, 0.2) is 91.2 Å². The van der Waals surface area contributed by atoms with Gasteiger partial charge in [0.05, 0.1) is 6.04 Å². The molecule has 10 rings (SSSR count). The summed E-state index contributed by atoms with van der Waals surface area (Å²) in [6.45, 7) is 18.3. The molecule has 0 aromatic carbocycles. The van der Waals surface area contributed by atoms with Crippen LogP contribution >= 0.6 is 0 Å². The Kier molecular flexibility index (Phi) is 8.96. The fourth-order valence-corrected chi connectivity index (χ4v) is 14.4. The Morgan fingerprint density at radius 1 is 0.400 bits per heavy atom. The maximum Gasteiger partial charge on any atom is 0.0619 e. The second-order valence-corrected chi connectivity index (χ2v) is 21.1. The molecule has 2 atom stereocenters. The summed E-state index contributed by atoms with van der Waals surface area (Å²) in [6.07, 6.45) is 37.0. The van der Waals surface area contributed by atoms with Gasteiger partial charge in [0.25, 0.3) is 0 Å². The van der Waals surface area contributed by atoms with Gasteiger partial charge in [0.1, 0.15) is 0 Å². The molecular formula is C52H73N3. The van der Waals surface area contributed by atoms with Crippen LogP contribution in [-0.4, -0.2) is 20.7 Å². The van der Waals surface area contributed by atoms with Gasteiger partial charge in [0.15, 0.2) is 0 Å². The molecule has 2 unspecified atom stereocenters. The molecule has 0 fully saturated rings. The fraction of sp³-hybridized carbons (Fsp3) is 0.692. The number of hydrogen-bond donors (Lipinski definition) is 0. The highest BCUT2D eigenvalue weighted by molar-refractivity contribution is 5.53. The molecular weight excluding hydrogens is 667 g/mol. The van der Waals surface area contributed by atoms with E-state index < -0.39 is 0 Å². The van der Waals surface area contributed by atoms with Gasteiger partial charge >= 0.3 is 0 Å². The summed E-state index contributed by atoms with van der Waals surface area (Å²) in [4.78, 5) is 9.01. The maximum atomic E-state index is 3.06. The van der Waals surface area contributed by atoms with Crippen molar-refractivity contribution in [3.8, 4) is 0 Å². The molecule has 3 heterocycles. The lowest BCUT2D eigenvalue weighted by atomic mass is 9.65. The summed E-state index contributed by atoms with van der Waals surface area (Å²) >= 11 is 0. The van der Waals surface area contributed by atoms with E-state index >= 15 is 0 Å². The Bertz CT molecular complexity index is 1820. The lowest BCUT2D eigenvalue weighted by Gasteiger charge is -2.55. The first kappa shape index (κ1) is 36.6. The molecule has 0 saturated carbocycles. The minimum Gasteiger partial charge on any atom is -0.341 e. The number of allylic oxidation sites excluding steroid dienone is 13. The summed E-state index contributed by atoms with van der Waals surface area (Å²) in [6, 6.07) is 0.336. The van der Waals surface area contributed by atoms with E-state index in [2.05, 4.69) is 75.3 Å². The van der Waals surface area contributed by atoms with Crippen molar-refractivity contribution in [1.82, 2.24) is 14.7 Å². The molecule has 7 aliphatic carbocycles. The van der Waals surface area contributed by atoms with Crippen LogP contribution in [0.2, 0.25) is 0 Å². The van der Waals surface area contributed by atoms with Crippen molar-refractivity contribution in [2.45, 2.75) is 209 Å². The van der Waals surface area contributed by atoms with Crippen molar-refractivity contribution in [3.05, 3.63) is 91.2 Å². The summed E-state index contributed by atoms with van der Waals surface area (Å²) in [5, 5.41) is 0. The molecule has 3 aliphatic heterocycles. The first-order chi connectivity index (χ1) is 26.5. The van der Waals surface area contributed by atoms with Gasteiger partial charge in [0, 0.05) is 67.7 Å². The van der Waals surface area contributed by atoms with Crippen LogP contribution in [0, 0.1) is 22.2 Å². The fourth-order valence-electron chi connectivity index (χ4n) is 14.4. The Morgan fingerprint density at radius 2 is 0.691 bits per heavy atom. The zero-order valence-electron chi connectivity index (χ0n) is 36.1. The molecule has 0 radical (unpaired) electrons. The third-order valence-corrected chi connectivity index (χ3v) is 17.3. The van der Waals surface area contributed by atoms with Gasteiger partial charge in [-0.15, -0.1) is 0 Å². The van der Waals surface area contributed by atoms with Gasteiger partial charge in [-0.2, -0.15) is 0 Å². The molecule has 0 amide bonds. The SMILES string of the molecule is CC1C(N2C3=C(CCCC3)C(C)(C)C3=C2CCCC3)=CC(N2C3=C(CCCC3)C(C)(C)C3=C2CCCC3)=CC1N1C2=C(CCCC2)C(C)(C)C2=C1CCCC2. The van der Waals surface area contributed by atoms with Gasteiger partial charge in [-0.05, 0) is 200 Å². The quantitative estimate of drug-likeness (QED) is 0.285. The Morgan fingerprint density at radius 3 is 1.05 bits per heavy atom. The van der Waals surface area contributed by atoms with Gasteiger partial charge in [0.2, 0.25) is 0 Å².